The number of hydrogen-bond donors (Lipinski definition) is 2. The first-order chi connectivity index (χ1) is 7.86. The maximum absolute atomic E-state index is 12.0. The van der Waals surface area contributed by atoms with Gasteiger partial charge in [-0.05, 0) is 24.6 Å². The minimum atomic E-state index is -3.41. The number of nitrogens with zero attached hydrogens (tertiary/aromatic N) is 1. The van der Waals surface area contributed by atoms with Crippen molar-refractivity contribution >= 4 is 15.7 Å². The van der Waals surface area contributed by atoms with Gasteiger partial charge in [0.2, 0.25) is 10.0 Å². The summed E-state index contributed by atoms with van der Waals surface area (Å²) in [5.41, 5.74) is 6.80. The fourth-order valence-corrected chi connectivity index (χ4v) is 2.75. The molecule has 96 valence electrons. The number of rotatable bonds is 5. The lowest BCUT2D eigenvalue weighted by Crippen LogP contribution is -2.38. The van der Waals surface area contributed by atoms with E-state index in [0.29, 0.717) is 11.3 Å². The first kappa shape index (κ1) is 14.0. The van der Waals surface area contributed by atoms with Crippen molar-refractivity contribution < 1.29 is 13.5 Å². The molecule has 0 saturated carbocycles. The predicted octanol–water partition coefficient (Wildman–Crippen LogP) is 0.411. The van der Waals surface area contributed by atoms with Crippen LogP contribution >= 0.6 is 0 Å². The van der Waals surface area contributed by atoms with Gasteiger partial charge in [-0.1, -0.05) is 12.1 Å². The molecule has 0 fully saturated rings. The zero-order valence-electron chi connectivity index (χ0n) is 10.00. The van der Waals surface area contributed by atoms with E-state index in [1.54, 1.807) is 31.2 Å². The van der Waals surface area contributed by atoms with Crippen LogP contribution in [0.15, 0.2) is 24.3 Å². The third-order valence-corrected chi connectivity index (χ3v) is 4.59. The van der Waals surface area contributed by atoms with Crippen LogP contribution in [0.2, 0.25) is 0 Å². The molecule has 1 aromatic carbocycles. The maximum Gasteiger partial charge on any atom is 0.218 e. The van der Waals surface area contributed by atoms with Crippen molar-refractivity contribution in [1.82, 2.24) is 4.31 Å². The van der Waals surface area contributed by atoms with E-state index in [1.165, 1.54) is 11.4 Å². The smallest absolute Gasteiger partial charge is 0.218 e. The van der Waals surface area contributed by atoms with Gasteiger partial charge in [0.25, 0.3) is 0 Å². The first-order valence-corrected chi connectivity index (χ1v) is 6.88. The summed E-state index contributed by atoms with van der Waals surface area (Å²) in [6.45, 7) is 1.46. The number of aliphatic hydroxyl groups is 1. The number of sulfonamides is 1. The summed E-state index contributed by atoms with van der Waals surface area (Å²) in [6.07, 6.45) is 0. The van der Waals surface area contributed by atoms with E-state index in [2.05, 4.69) is 0 Å². The Bertz CT molecular complexity index is 456. The fraction of sp³-hybridized carbons (Fsp3) is 0.455. The van der Waals surface area contributed by atoms with Crippen LogP contribution in [0.1, 0.15) is 12.5 Å². The SMILES string of the molecule is CC(CO)N(C)S(=O)(=O)Cc1ccc(N)cc1. The summed E-state index contributed by atoms with van der Waals surface area (Å²) in [7, 11) is -1.94. The standard InChI is InChI=1S/C11H18N2O3S/c1-9(7-14)13(2)17(15,16)8-10-3-5-11(12)6-4-10/h3-6,9,14H,7-8,12H2,1-2H3. The molecule has 17 heavy (non-hydrogen) atoms. The van der Waals surface area contributed by atoms with Crippen LogP contribution in [0, 0.1) is 0 Å². The molecule has 1 atom stereocenters. The van der Waals surface area contributed by atoms with E-state index in [-0.39, 0.29) is 12.4 Å². The van der Waals surface area contributed by atoms with Crippen LogP contribution in [-0.4, -0.2) is 37.5 Å². The number of likely N-dealkylation sites (N-methyl/N-ethyl adjacent to an activating group) is 1. The molecule has 1 rings (SSSR count). The Labute approximate surface area is 102 Å². The molecule has 0 heterocycles. The highest BCUT2D eigenvalue weighted by Crippen LogP contribution is 2.13. The zero-order valence-corrected chi connectivity index (χ0v) is 10.8. The Morgan fingerprint density at radius 3 is 2.35 bits per heavy atom. The Kier molecular flexibility index (Phi) is 4.50. The molecule has 1 aromatic rings. The van der Waals surface area contributed by atoms with Crippen LogP contribution < -0.4 is 5.73 Å². The molecule has 0 radical (unpaired) electrons. The number of hydrogen-bond acceptors (Lipinski definition) is 4. The van der Waals surface area contributed by atoms with Gasteiger partial charge in [-0.25, -0.2) is 8.42 Å². The summed E-state index contributed by atoms with van der Waals surface area (Å²) in [5.74, 6) is -0.0892. The van der Waals surface area contributed by atoms with Crippen molar-refractivity contribution in [2.24, 2.45) is 0 Å². The summed E-state index contributed by atoms with van der Waals surface area (Å²) < 4.78 is 25.1. The lowest BCUT2D eigenvalue weighted by atomic mass is 10.2. The monoisotopic (exact) mass is 258 g/mol. The molecule has 5 nitrogen and oxygen atoms in total. The van der Waals surface area contributed by atoms with Gasteiger partial charge >= 0.3 is 0 Å². The minimum Gasteiger partial charge on any atom is -0.399 e. The number of nitrogens with two attached hydrogens (primary N) is 1. The minimum absolute atomic E-state index is 0.0892. The molecule has 0 bridgehead atoms. The second-order valence-corrected chi connectivity index (χ2v) is 6.07. The van der Waals surface area contributed by atoms with Gasteiger partial charge in [-0.3, -0.25) is 0 Å². The highest BCUT2D eigenvalue weighted by atomic mass is 32.2. The third kappa shape index (κ3) is 3.69. The quantitative estimate of drug-likeness (QED) is 0.749. The van der Waals surface area contributed by atoms with E-state index >= 15 is 0 Å². The van der Waals surface area contributed by atoms with Crippen molar-refractivity contribution in [3.63, 3.8) is 0 Å². The number of anilines is 1. The van der Waals surface area contributed by atoms with Crippen molar-refractivity contribution in [2.45, 2.75) is 18.7 Å². The Hall–Kier alpha value is -1.11. The lowest BCUT2D eigenvalue weighted by Gasteiger charge is -2.22. The molecule has 3 N–H and O–H groups in total. The Morgan fingerprint density at radius 1 is 1.35 bits per heavy atom. The fourth-order valence-electron chi connectivity index (χ4n) is 1.32. The van der Waals surface area contributed by atoms with Crippen molar-refractivity contribution in [3.8, 4) is 0 Å². The summed E-state index contributed by atoms with van der Waals surface area (Å²) in [5, 5.41) is 8.95. The zero-order chi connectivity index (χ0) is 13.1. The molecule has 0 amide bonds. The molecule has 0 spiro atoms. The summed E-state index contributed by atoms with van der Waals surface area (Å²) in [6, 6.07) is 6.28. The second kappa shape index (κ2) is 5.48. The van der Waals surface area contributed by atoms with E-state index in [9.17, 15) is 8.42 Å². The molecule has 6 heteroatoms. The van der Waals surface area contributed by atoms with E-state index in [0.717, 1.165) is 0 Å². The van der Waals surface area contributed by atoms with Gasteiger partial charge in [0.1, 0.15) is 0 Å². The van der Waals surface area contributed by atoms with Crippen LogP contribution in [0.3, 0.4) is 0 Å². The number of nitrogen functional groups attached to an aromatic ring is 1. The van der Waals surface area contributed by atoms with Gasteiger partial charge in [-0.2, -0.15) is 4.31 Å². The van der Waals surface area contributed by atoms with E-state index < -0.39 is 16.1 Å². The normalized spacial score (nSPS) is 13.9. The topological polar surface area (TPSA) is 83.6 Å². The largest absolute Gasteiger partial charge is 0.399 e. The van der Waals surface area contributed by atoms with Gasteiger partial charge in [0, 0.05) is 18.8 Å². The van der Waals surface area contributed by atoms with Crippen LogP contribution in [-0.2, 0) is 15.8 Å². The first-order valence-electron chi connectivity index (χ1n) is 5.28. The maximum atomic E-state index is 12.0. The molecule has 0 aliphatic heterocycles. The van der Waals surface area contributed by atoms with E-state index in [4.69, 9.17) is 10.8 Å². The van der Waals surface area contributed by atoms with Crippen LogP contribution in [0.25, 0.3) is 0 Å². The van der Waals surface area contributed by atoms with Crippen molar-refractivity contribution in [2.75, 3.05) is 19.4 Å². The van der Waals surface area contributed by atoms with Gasteiger partial charge in [0.05, 0.1) is 12.4 Å². The van der Waals surface area contributed by atoms with Crippen molar-refractivity contribution in [1.29, 1.82) is 0 Å². The van der Waals surface area contributed by atoms with Gasteiger partial charge < -0.3 is 10.8 Å². The second-order valence-electron chi connectivity index (χ2n) is 4.05. The summed E-state index contributed by atoms with van der Waals surface area (Å²) >= 11 is 0. The Morgan fingerprint density at radius 2 is 1.88 bits per heavy atom. The highest BCUT2D eigenvalue weighted by molar-refractivity contribution is 7.88. The number of aliphatic hydroxyl groups excluding tert-OH is 1. The van der Waals surface area contributed by atoms with Crippen LogP contribution in [0.5, 0.6) is 0 Å². The predicted molar refractivity (Wildman–Crippen MR) is 67.8 cm³/mol. The molecular weight excluding hydrogens is 240 g/mol. The molecule has 0 saturated heterocycles. The Balaban J connectivity index is 2.83. The van der Waals surface area contributed by atoms with Gasteiger partial charge in [0.15, 0.2) is 0 Å². The number of benzene rings is 1. The van der Waals surface area contributed by atoms with E-state index in [1.807, 2.05) is 0 Å². The molecular formula is C11H18N2O3S. The van der Waals surface area contributed by atoms with Crippen molar-refractivity contribution in [3.05, 3.63) is 29.8 Å². The molecule has 0 aliphatic carbocycles. The van der Waals surface area contributed by atoms with Crippen LogP contribution in [0.4, 0.5) is 5.69 Å². The highest BCUT2D eigenvalue weighted by Gasteiger charge is 2.22. The third-order valence-electron chi connectivity index (χ3n) is 2.65. The average Bonchev–Trinajstić information content (AvgIpc) is 2.30. The molecule has 1 unspecified atom stereocenters. The molecule has 0 aliphatic rings. The summed E-state index contributed by atoms with van der Waals surface area (Å²) in [4.78, 5) is 0. The lowest BCUT2D eigenvalue weighted by molar-refractivity contribution is 0.213. The average molecular weight is 258 g/mol. The van der Waals surface area contributed by atoms with Gasteiger partial charge in [-0.15, -0.1) is 0 Å². The molecule has 0 aromatic heterocycles.